The zero-order valence-corrected chi connectivity index (χ0v) is 16.6. The summed E-state index contributed by atoms with van der Waals surface area (Å²) in [5.41, 5.74) is 0.849. The van der Waals surface area contributed by atoms with Crippen LogP contribution in [-0.4, -0.2) is 62.8 Å². The first-order valence-corrected chi connectivity index (χ1v) is 10.7. The first-order valence-electron chi connectivity index (χ1n) is 9.25. The summed E-state index contributed by atoms with van der Waals surface area (Å²) in [6.45, 7) is 4.16. The lowest BCUT2D eigenvalue weighted by atomic mass is 10.2. The minimum absolute atomic E-state index is 0.0184. The second-order valence-corrected chi connectivity index (χ2v) is 8.55. The number of piperazine rings is 1. The Kier molecular flexibility index (Phi) is 6.43. The number of nitrogens with zero attached hydrogens (tertiary/aromatic N) is 3. The zero-order chi connectivity index (χ0) is 20.1. The molecule has 0 spiro atoms. The third kappa shape index (κ3) is 4.57. The van der Waals surface area contributed by atoms with Crippen LogP contribution in [0.2, 0.25) is 0 Å². The number of benzene rings is 2. The predicted molar refractivity (Wildman–Crippen MR) is 106 cm³/mol. The topological polar surface area (TPSA) is 60.9 Å². The van der Waals surface area contributed by atoms with E-state index in [0.717, 1.165) is 11.8 Å². The highest BCUT2D eigenvalue weighted by Crippen LogP contribution is 2.19. The van der Waals surface area contributed by atoms with Crippen molar-refractivity contribution in [2.45, 2.75) is 11.8 Å². The molecule has 0 radical (unpaired) electrons. The van der Waals surface area contributed by atoms with Crippen molar-refractivity contribution in [3.63, 3.8) is 0 Å². The molecule has 28 heavy (non-hydrogen) atoms. The Morgan fingerprint density at radius 1 is 1.04 bits per heavy atom. The molecule has 1 aliphatic rings. The summed E-state index contributed by atoms with van der Waals surface area (Å²) in [4.78, 5) is 16.3. The van der Waals surface area contributed by atoms with Gasteiger partial charge in [0.2, 0.25) is 15.9 Å². The van der Waals surface area contributed by atoms with Gasteiger partial charge in [-0.3, -0.25) is 9.69 Å². The monoisotopic (exact) mass is 405 g/mol. The maximum atomic E-state index is 13.4. The van der Waals surface area contributed by atoms with Gasteiger partial charge in [-0.1, -0.05) is 24.3 Å². The molecule has 1 aliphatic heterocycles. The molecule has 1 fully saturated rings. The summed E-state index contributed by atoms with van der Waals surface area (Å²) < 4.78 is 40.1. The number of carbonyl (C=O) groups is 1. The molecule has 0 N–H and O–H groups in total. The van der Waals surface area contributed by atoms with Gasteiger partial charge < -0.3 is 4.90 Å². The minimum atomic E-state index is -3.73. The molecule has 0 bridgehead atoms. The van der Waals surface area contributed by atoms with Crippen molar-refractivity contribution in [2.75, 3.05) is 44.2 Å². The first kappa shape index (κ1) is 20.4. The van der Waals surface area contributed by atoms with E-state index >= 15 is 0 Å². The molecule has 2 aromatic carbocycles. The van der Waals surface area contributed by atoms with Crippen LogP contribution in [0.5, 0.6) is 0 Å². The molecule has 0 aliphatic carbocycles. The fourth-order valence-electron chi connectivity index (χ4n) is 3.29. The van der Waals surface area contributed by atoms with Crippen LogP contribution in [-0.2, 0) is 14.8 Å². The smallest absolute Gasteiger partial charge is 0.243 e. The highest BCUT2D eigenvalue weighted by atomic mass is 32.2. The zero-order valence-electron chi connectivity index (χ0n) is 15.8. The standard InChI is InChI=1S/C20H24FN3O3S/c1-2-24(18-8-4-3-5-9-18)20(25)16-22-11-13-23(14-12-22)28(26,27)19-10-6-7-17(21)15-19/h3-10,15H,2,11-14,16H2,1H3. The van der Waals surface area contributed by atoms with Gasteiger partial charge in [-0.25, -0.2) is 12.8 Å². The molecule has 0 unspecified atom stereocenters. The lowest BCUT2D eigenvalue weighted by Gasteiger charge is -2.34. The Balaban J connectivity index is 1.60. The van der Waals surface area contributed by atoms with E-state index in [9.17, 15) is 17.6 Å². The van der Waals surface area contributed by atoms with E-state index in [-0.39, 0.29) is 30.4 Å². The van der Waals surface area contributed by atoms with Gasteiger partial charge in [0.1, 0.15) is 5.82 Å². The SMILES string of the molecule is CCN(C(=O)CN1CCN(S(=O)(=O)c2cccc(F)c2)CC1)c1ccccc1. The number of rotatable bonds is 6. The van der Waals surface area contributed by atoms with Crippen molar-refractivity contribution in [2.24, 2.45) is 0 Å². The molecule has 0 aromatic heterocycles. The summed E-state index contributed by atoms with van der Waals surface area (Å²) in [5, 5.41) is 0. The van der Waals surface area contributed by atoms with E-state index in [1.54, 1.807) is 4.90 Å². The number of halogens is 1. The third-order valence-corrected chi connectivity index (χ3v) is 6.70. The first-order chi connectivity index (χ1) is 13.4. The number of para-hydroxylation sites is 1. The Bertz CT molecular complexity index is 913. The summed E-state index contributed by atoms with van der Waals surface area (Å²) in [5.74, 6) is -0.596. The predicted octanol–water partition coefficient (Wildman–Crippen LogP) is 2.19. The van der Waals surface area contributed by atoms with Gasteiger partial charge in [0.25, 0.3) is 0 Å². The minimum Gasteiger partial charge on any atom is -0.312 e. The van der Waals surface area contributed by atoms with Gasteiger partial charge in [-0.05, 0) is 37.3 Å². The third-order valence-electron chi connectivity index (χ3n) is 4.81. The van der Waals surface area contributed by atoms with Gasteiger partial charge >= 0.3 is 0 Å². The van der Waals surface area contributed by atoms with E-state index < -0.39 is 15.8 Å². The number of anilines is 1. The van der Waals surface area contributed by atoms with Crippen molar-refractivity contribution in [1.82, 2.24) is 9.21 Å². The fourth-order valence-corrected chi connectivity index (χ4v) is 4.75. The van der Waals surface area contributed by atoms with Crippen LogP contribution in [0.25, 0.3) is 0 Å². The molecule has 0 atom stereocenters. The van der Waals surface area contributed by atoms with Crippen molar-refractivity contribution in [1.29, 1.82) is 0 Å². The van der Waals surface area contributed by atoms with Crippen LogP contribution in [0.15, 0.2) is 59.5 Å². The lowest BCUT2D eigenvalue weighted by molar-refractivity contribution is -0.120. The molecule has 1 saturated heterocycles. The average Bonchev–Trinajstić information content (AvgIpc) is 2.70. The quantitative estimate of drug-likeness (QED) is 0.739. The van der Waals surface area contributed by atoms with Crippen molar-refractivity contribution < 1.29 is 17.6 Å². The molecule has 2 aromatic rings. The van der Waals surface area contributed by atoms with E-state index in [1.807, 2.05) is 42.2 Å². The summed E-state index contributed by atoms with van der Waals surface area (Å²) in [7, 11) is -3.73. The van der Waals surface area contributed by atoms with E-state index in [0.29, 0.717) is 19.6 Å². The van der Waals surface area contributed by atoms with Crippen LogP contribution in [0.4, 0.5) is 10.1 Å². The van der Waals surface area contributed by atoms with E-state index in [1.165, 1.54) is 22.5 Å². The normalized spacial score (nSPS) is 16.1. The molecule has 1 heterocycles. The molecular weight excluding hydrogens is 381 g/mol. The Morgan fingerprint density at radius 2 is 1.71 bits per heavy atom. The number of hydrogen-bond donors (Lipinski definition) is 0. The van der Waals surface area contributed by atoms with E-state index in [2.05, 4.69) is 0 Å². The Labute approximate surface area is 165 Å². The maximum Gasteiger partial charge on any atom is 0.243 e. The maximum absolute atomic E-state index is 13.4. The van der Waals surface area contributed by atoms with Gasteiger partial charge in [0.05, 0.1) is 11.4 Å². The summed E-state index contributed by atoms with van der Waals surface area (Å²) in [6.07, 6.45) is 0. The van der Waals surface area contributed by atoms with Gasteiger partial charge in [-0.15, -0.1) is 0 Å². The van der Waals surface area contributed by atoms with Crippen molar-refractivity contribution >= 4 is 21.6 Å². The molecule has 6 nitrogen and oxygen atoms in total. The fraction of sp³-hybridized carbons (Fsp3) is 0.350. The van der Waals surface area contributed by atoms with Crippen LogP contribution in [0.3, 0.4) is 0 Å². The molecule has 8 heteroatoms. The second-order valence-electron chi connectivity index (χ2n) is 6.61. The summed E-state index contributed by atoms with van der Waals surface area (Å²) >= 11 is 0. The molecule has 3 rings (SSSR count). The molecule has 0 saturated carbocycles. The van der Waals surface area contributed by atoms with Crippen molar-refractivity contribution in [3.05, 3.63) is 60.4 Å². The number of hydrogen-bond acceptors (Lipinski definition) is 4. The van der Waals surface area contributed by atoms with Crippen LogP contribution < -0.4 is 4.90 Å². The van der Waals surface area contributed by atoms with Crippen LogP contribution in [0, 0.1) is 5.82 Å². The van der Waals surface area contributed by atoms with Crippen LogP contribution >= 0.6 is 0 Å². The van der Waals surface area contributed by atoms with Gasteiger partial charge in [0, 0.05) is 38.4 Å². The number of sulfonamides is 1. The molecule has 150 valence electrons. The molecule has 1 amide bonds. The second kappa shape index (κ2) is 8.81. The largest absolute Gasteiger partial charge is 0.312 e. The van der Waals surface area contributed by atoms with Gasteiger partial charge in [-0.2, -0.15) is 4.31 Å². The van der Waals surface area contributed by atoms with Crippen molar-refractivity contribution in [3.8, 4) is 0 Å². The average molecular weight is 405 g/mol. The van der Waals surface area contributed by atoms with Gasteiger partial charge in [0.15, 0.2) is 0 Å². The summed E-state index contributed by atoms with van der Waals surface area (Å²) in [6, 6.07) is 14.5. The Morgan fingerprint density at radius 3 is 2.32 bits per heavy atom. The Hall–Kier alpha value is -2.29. The number of carbonyl (C=O) groups excluding carboxylic acids is 1. The highest BCUT2D eigenvalue weighted by molar-refractivity contribution is 7.89. The number of likely N-dealkylation sites (N-methyl/N-ethyl adjacent to an activating group) is 1. The number of amides is 1. The molecular formula is C20H24FN3O3S. The van der Waals surface area contributed by atoms with E-state index in [4.69, 9.17) is 0 Å². The highest BCUT2D eigenvalue weighted by Gasteiger charge is 2.30. The van der Waals surface area contributed by atoms with Crippen LogP contribution in [0.1, 0.15) is 6.92 Å². The lowest BCUT2D eigenvalue weighted by Crippen LogP contribution is -2.51.